The van der Waals surface area contributed by atoms with E-state index in [2.05, 4.69) is 20.3 Å². The van der Waals surface area contributed by atoms with E-state index in [-0.39, 0.29) is 18.5 Å². The van der Waals surface area contributed by atoms with Crippen molar-refractivity contribution in [3.05, 3.63) is 60.9 Å². The third-order valence-corrected chi connectivity index (χ3v) is 5.28. The van der Waals surface area contributed by atoms with Gasteiger partial charge in [-0.05, 0) is 36.8 Å². The lowest BCUT2D eigenvalue weighted by atomic mass is 10.0. The van der Waals surface area contributed by atoms with Gasteiger partial charge in [0.1, 0.15) is 18.3 Å². The zero-order chi connectivity index (χ0) is 19.6. The van der Waals surface area contributed by atoms with Crippen LogP contribution in [0.1, 0.15) is 31.2 Å². The Bertz CT molecular complexity index is 1130. The van der Waals surface area contributed by atoms with Crippen molar-refractivity contribution in [1.29, 1.82) is 0 Å². The van der Waals surface area contributed by atoms with Crippen molar-refractivity contribution in [2.75, 3.05) is 6.54 Å². The number of piperidine rings is 1. The largest absolute Gasteiger partial charge is 0.417 e. The van der Waals surface area contributed by atoms with Crippen molar-refractivity contribution in [3.63, 3.8) is 0 Å². The maximum Gasteiger partial charge on any atom is 0.267 e. The molecule has 8 nitrogen and oxygen atoms in total. The normalized spacial score (nSPS) is 17.0. The molecule has 1 aromatic carbocycles. The topological polar surface area (TPSA) is 89.9 Å². The number of carbonyl (C=O) groups excluding carboxylic acids is 1. The lowest BCUT2D eigenvalue weighted by Crippen LogP contribution is -2.40. The molecule has 0 bridgehead atoms. The summed E-state index contributed by atoms with van der Waals surface area (Å²) in [5, 5.41) is 14.7. The van der Waals surface area contributed by atoms with Crippen LogP contribution >= 0.6 is 0 Å². The molecule has 4 heterocycles. The van der Waals surface area contributed by atoms with E-state index in [0.717, 1.165) is 30.0 Å². The van der Waals surface area contributed by atoms with E-state index in [1.165, 1.54) is 0 Å². The van der Waals surface area contributed by atoms with Gasteiger partial charge in [0, 0.05) is 30.5 Å². The number of amides is 1. The summed E-state index contributed by atoms with van der Waals surface area (Å²) in [5.74, 6) is 0.839. The Balaban J connectivity index is 1.44. The zero-order valence-electron chi connectivity index (χ0n) is 15.8. The molecule has 1 amide bonds. The van der Waals surface area contributed by atoms with Crippen LogP contribution in [0.3, 0.4) is 0 Å². The first-order valence-electron chi connectivity index (χ1n) is 9.74. The summed E-state index contributed by atoms with van der Waals surface area (Å²) >= 11 is 0. The number of nitrogens with zero attached hydrogens (tertiary/aromatic N) is 6. The van der Waals surface area contributed by atoms with E-state index < -0.39 is 0 Å². The van der Waals surface area contributed by atoms with Gasteiger partial charge < -0.3 is 9.32 Å². The lowest BCUT2D eigenvalue weighted by Gasteiger charge is -2.33. The van der Waals surface area contributed by atoms with Gasteiger partial charge in [0.2, 0.25) is 11.8 Å². The van der Waals surface area contributed by atoms with Crippen LogP contribution in [-0.4, -0.2) is 42.3 Å². The van der Waals surface area contributed by atoms with Crippen LogP contribution in [-0.2, 0) is 11.3 Å². The second-order valence-electron chi connectivity index (χ2n) is 7.13. The molecule has 0 spiro atoms. The monoisotopic (exact) mass is 388 g/mol. The van der Waals surface area contributed by atoms with Crippen molar-refractivity contribution in [2.24, 2.45) is 0 Å². The van der Waals surface area contributed by atoms with Crippen molar-refractivity contribution < 1.29 is 9.21 Å². The summed E-state index contributed by atoms with van der Waals surface area (Å²) in [6.07, 6.45) is 7.97. The van der Waals surface area contributed by atoms with Gasteiger partial charge in [-0.2, -0.15) is 5.10 Å². The summed E-state index contributed by atoms with van der Waals surface area (Å²) in [5.41, 5.74) is 0.659. The van der Waals surface area contributed by atoms with Crippen LogP contribution in [0.4, 0.5) is 0 Å². The van der Waals surface area contributed by atoms with Crippen molar-refractivity contribution in [2.45, 2.75) is 31.8 Å². The molecule has 1 unspecified atom stereocenters. The molecule has 29 heavy (non-hydrogen) atoms. The number of rotatable bonds is 4. The Kier molecular flexibility index (Phi) is 4.51. The number of benzene rings is 1. The van der Waals surface area contributed by atoms with Gasteiger partial charge in [0.15, 0.2) is 0 Å². The Morgan fingerprint density at radius 2 is 2.03 bits per heavy atom. The number of carbonyl (C=O) groups is 1. The predicted molar refractivity (Wildman–Crippen MR) is 106 cm³/mol. The van der Waals surface area contributed by atoms with E-state index in [0.29, 0.717) is 24.0 Å². The first-order valence-corrected chi connectivity index (χ1v) is 9.74. The highest BCUT2D eigenvalue weighted by atomic mass is 16.4. The Morgan fingerprint density at radius 1 is 1.10 bits per heavy atom. The second-order valence-corrected chi connectivity index (χ2v) is 7.13. The summed E-state index contributed by atoms with van der Waals surface area (Å²) in [6, 6.07) is 11.5. The van der Waals surface area contributed by atoms with Gasteiger partial charge >= 0.3 is 0 Å². The molecular formula is C21H20N6O2. The van der Waals surface area contributed by atoms with Crippen molar-refractivity contribution >= 4 is 16.7 Å². The molecule has 1 aliphatic heterocycles. The van der Waals surface area contributed by atoms with Gasteiger partial charge in [0.05, 0.1) is 0 Å². The number of likely N-dealkylation sites (tertiary alicyclic amines) is 1. The third-order valence-electron chi connectivity index (χ3n) is 5.28. The summed E-state index contributed by atoms with van der Waals surface area (Å²) < 4.78 is 7.66. The predicted octanol–water partition coefficient (Wildman–Crippen LogP) is 3.24. The van der Waals surface area contributed by atoms with E-state index in [4.69, 9.17) is 4.42 Å². The van der Waals surface area contributed by atoms with E-state index in [1.807, 2.05) is 41.3 Å². The fourth-order valence-corrected chi connectivity index (χ4v) is 3.87. The first-order chi connectivity index (χ1) is 14.3. The highest BCUT2D eigenvalue weighted by molar-refractivity contribution is 5.92. The molecule has 1 aliphatic rings. The molecule has 4 aromatic rings. The highest BCUT2D eigenvalue weighted by Crippen LogP contribution is 2.33. The van der Waals surface area contributed by atoms with Gasteiger partial charge in [-0.3, -0.25) is 14.5 Å². The Hall–Kier alpha value is -3.55. The van der Waals surface area contributed by atoms with Crippen LogP contribution in [0, 0.1) is 0 Å². The number of aromatic nitrogens is 5. The fraction of sp³-hybridized carbons (Fsp3) is 0.286. The molecule has 8 heteroatoms. The third kappa shape index (κ3) is 3.37. The molecule has 0 aliphatic carbocycles. The van der Waals surface area contributed by atoms with Gasteiger partial charge in [-0.15, -0.1) is 10.2 Å². The van der Waals surface area contributed by atoms with Crippen LogP contribution in [0.5, 0.6) is 0 Å². The molecule has 3 aromatic heterocycles. The van der Waals surface area contributed by atoms with E-state index in [1.54, 1.807) is 23.3 Å². The highest BCUT2D eigenvalue weighted by Gasteiger charge is 2.32. The van der Waals surface area contributed by atoms with Crippen molar-refractivity contribution in [3.8, 4) is 11.6 Å². The van der Waals surface area contributed by atoms with Crippen LogP contribution in [0.15, 0.2) is 59.4 Å². The first kappa shape index (κ1) is 17.5. The average molecular weight is 388 g/mol. The SMILES string of the molecule is O=C(Cn1cccn1)N1CCCCC1c1nnc(-c2nccc3ccccc23)o1. The lowest BCUT2D eigenvalue weighted by molar-refractivity contribution is -0.136. The van der Waals surface area contributed by atoms with Gasteiger partial charge in [-0.25, -0.2) is 0 Å². The summed E-state index contributed by atoms with van der Waals surface area (Å²) in [4.78, 5) is 19.1. The van der Waals surface area contributed by atoms with E-state index in [9.17, 15) is 4.79 Å². The minimum Gasteiger partial charge on any atom is -0.417 e. The molecule has 0 radical (unpaired) electrons. The second kappa shape index (κ2) is 7.46. The number of hydrogen-bond acceptors (Lipinski definition) is 6. The molecule has 1 fully saturated rings. The Labute approximate surface area is 167 Å². The molecule has 146 valence electrons. The van der Waals surface area contributed by atoms with Crippen molar-refractivity contribution in [1.82, 2.24) is 29.9 Å². The molecule has 1 saturated heterocycles. The molecule has 0 N–H and O–H groups in total. The quantitative estimate of drug-likeness (QED) is 0.533. The molecule has 0 saturated carbocycles. The van der Waals surface area contributed by atoms with Crippen LogP contribution in [0.2, 0.25) is 0 Å². The average Bonchev–Trinajstić information content (AvgIpc) is 3.45. The number of pyridine rings is 1. The fourth-order valence-electron chi connectivity index (χ4n) is 3.87. The summed E-state index contributed by atoms with van der Waals surface area (Å²) in [6.45, 7) is 0.879. The minimum absolute atomic E-state index is 0.00133. The minimum atomic E-state index is -0.219. The van der Waals surface area contributed by atoms with Crippen LogP contribution in [0.25, 0.3) is 22.4 Å². The molecule has 1 atom stereocenters. The van der Waals surface area contributed by atoms with Gasteiger partial charge in [0.25, 0.3) is 5.89 Å². The maximum absolute atomic E-state index is 12.9. The summed E-state index contributed by atoms with van der Waals surface area (Å²) in [7, 11) is 0. The number of hydrogen-bond donors (Lipinski definition) is 0. The molecule has 5 rings (SSSR count). The zero-order valence-corrected chi connectivity index (χ0v) is 15.8. The van der Waals surface area contributed by atoms with E-state index >= 15 is 0 Å². The Morgan fingerprint density at radius 3 is 2.93 bits per heavy atom. The maximum atomic E-state index is 12.9. The number of fused-ring (bicyclic) bond motifs is 1. The standard InChI is InChI=1S/C21H20N6O2/c28-18(14-26-12-5-10-23-26)27-13-4-3-8-17(27)20-24-25-21(29-20)19-16-7-2-1-6-15(16)9-11-22-19/h1-2,5-7,9-12,17H,3-4,8,13-14H2. The van der Waals surface area contributed by atoms with Crippen LogP contribution < -0.4 is 0 Å². The van der Waals surface area contributed by atoms with Gasteiger partial charge in [-0.1, -0.05) is 24.3 Å². The molecular weight excluding hydrogens is 368 g/mol. The smallest absolute Gasteiger partial charge is 0.267 e.